The van der Waals surface area contributed by atoms with E-state index in [1.54, 1.807) is 0 Å². The van der Waals surface area contributed by atoms with Crippen LogP contribution in [0.2, 0.25) is 0 Å². The summed E-state index contributed by atoms with van der Waals surface area (Å²) in [5.74, 6) is -0.0223. The minimum atomic E-state index is -0.196. The van der Waals surface area contributed by atoms with Crippen molar-refractivity contribution in [1.82, 2.24) is 14.5 Å². The van der Waals surface area contributed by atoms with Crippen molar-refractivity contribution < 1.29 is 9.90 Å². The Bertz CT molecular complexity index is 467. The van der Waals surface area contributed by atoms with Gasteiger partial charge in [0.2, 0.25) is 0 Å². The number of aliphatic hydroxyl groups is 1. The Morgan fingerprint density at radius 1 is 1.40 bits per heavy atom. The van der Waals surface area contributed by atoms with Crippen molar-refractivity contribution in [2.75, 3.05) is 13.2 Å². The van der Waals surface area contributed by atoms with Crippen LogP contribution in [0.25, 0.3) is 0 Å². The van der Waals surface area contributed by atoms with Crippen LogP contribution in [0.5, 0.6) is 0 Å². The van der Waals surface area contributed by atoms with Gasteiger partial charge in [0.25, 0.3) is 5.91 Å². The lowest BCUT2D eigenvalue weighted by atomic mass is 9.91. The molecule has 1 atom stereocenters. The summed E-state index contributed by atoms with van der Waals surface area (Å²) in [6.45, 7) is 6.85. The minimum Gasteiger partial charge on any atom is -0.394 e. The molecule has 1 aromatic rings. The Kier molecular flexibility index (Phi) is 4.75. The standard InChI is InChI=1S/C14H23N3O2S/c1-14(2,3)12-11(20-16-15-12)13(19)17-8-6-4-5-7-10(17)9-18/h10,18H,4-9H2,1-3H3. The molecule has 0 spiro atoms. The lowest BCUT2D eigenvalue weighted by Gasteiger charge is -2.29. The summed E-state index contributed by atoms with van der Waals surface area (Å²) in [5.41, 5.74) is 0.562. The third-order valence-corrected chi connectivity index (χ3v) is 4.46. The number of likely N-dealkylation sites (tertiary alicyclic amines) is 1. The lowest BCUT2D eigenvalue weighted by molar-refractivity contribution is 0.0602. The first-order chi connectivity index (χ1) is 9.45. The molecule has 0 aliphatic carbocycles. The highest BCUT2D eigenvalue weighted by Gasteiger charge is 2.32. The van der Waals surface area contributed by atoms with Crippen LogP contribution >= 0.6 is 11.5 Å². The number of rotatable bonds is 2. The number of aromatic nitrogens is 2. The number of hydrogen-bond donors (Lipinski definition) is 1. The van der Waals surface area contributed by atoms with Gasteiger partial charge in [-0.05, 0) is 24.4 Å². The molecule has 1 aliphatic rings. The quantitative estimate of drug-likeness (QED) is 0.909. The Morgan fingerprint density at radius 2 is 2.15 bits per heavy atom. The minimum absolute atomic E-state index is 0.0223. The normalized spacial score (nSPS) is 20.8. The first kappa shape index (κ1) is 15.4. The van der Waals surface area contributed by atoms with Crippen LogP contribution in [0.3, 0.4) is 0 Å². The Labute approximate surface area is 124 Å². The summed E-state index contributed by atoms with van der Waals surface area (Å²) in [6.07, 6.45) is 4.06. The van der Waals surface area contributed by atoms with Crippen molar-refractivity contribution in [3.05, 3.63) is 10.6 Å². The van der Waals surface area contributed by atoms with Crippen LogP contribution in [-0.4, -0.2) is 44.7 Å². The largest absolute Gasteiger partial charge is 0.394 e. The van der Waals surface area contributed by atoms with Crippen LogP contribution in [0, 0.1) is 0 Å². The van der Waals surface area contributed by atoms with E-state index in [9.17, 15) is 9.90 Å². The van der Waals surface area contributed by atoms with E-state index >= 15 is 0 Å². The molecule has 1 amide bonds. The topological polar surface area (TPSA) is 66.3 Å². The maximum absolute atomic E-state index is 12.8. The molecular formula is C14H23N3O2S. The van der Waals surface area contributed by atoms with E-state index in [-0.39, 0.29) is 24.0 Å². The smallest absolute Gasteiger partial charge is 0.267 e. The number of carbonyl (C=O) groups is 1. The van der Waals surface area contributed by atoms with Crippen molar-refractivity contribution in [2.45, 2.75) is 57.9 Å². The molecule has 5 nitrogen and oxygen atoms in total. The lowest BCUT2D eigenvalue weighted by Crippen LogP contribution is -2.42. The van der Waals surface area contributed by atoms with Gasteiger partial charge in [0.15, 0.2) is 0 Å². The average molecular weight is 297 g/mol. The molecule has 2 rings (SSSR count). The molecule has 6 heteroatoms. The monoisotopic (exact) mass is 297 g/mol. The van der Waals surface area contributed by atoms with Crippen LogP contribution < -0.4 is 0 Å². The fourth-order valence-electron chi connectivity index (χ4n) is 2.59. The van der Waals surface area contributed by atoms with Crippen molar-refractivity contribution in [3.8, 4) is 0 Å². The Morgan fingerprint density at radius 3 is 2.80 bits per heavy atom. The number of carbonyl (C=O) groups excluding carboxylic acids is 1. The Hall–Kier alpha value is -1.01. The second-order valence-corrected chi connectivity index (χ2v) is 7.14. The van der Waals surface area contributed by atoms with E-state index < -0.39 is 0 Å². The van der Waals surface area contributed by atoms with Crippen molar-refractivity contribution >= 4 is 17.4 Å². The molecule has 1 aromatic heterocycles. The first-order valence-electron chi connectivity index (χ1n) is 7.20. The molecule has 112 valence electrons. The van der Waals surface area contributed by atoms with Crippen LogP contribution in [0.15, 0.2) is 0 Å². The third-order valence-electron chi connectivity index (χ3n) is 3.74. The summed E-state index contributed by atoms with van der Waals surface area (Å²) in [6, 6.07) is -0.0695. The molecule has 20 heavy (non-hydrogen) atoms. The van der Waals surface area contributed by atoms with Gasteiger partial charge in [-0.15, -0.1) is 5.10 Å². The second-order valence-electron chi connectivity index (χ2n) is 6.38. The number of amides is 1. The van der Waals surface area contributed by atoms with E-state index in [1.165, 1.54) is 0 Å². The molecule has 0 bridgehead atoms. The van der Waals surface area contributed by atoms with E-state index in [0.717, 1.165) is 42.9 Å². The van der Waals surface area contributed by atoms with Gasteiger partial charge in [-0.25, -0.2) is 0 Å². The molecular weight excluding hydrogens is 274 g/mol. The predicted octanol–water partition coefficient (Wildman–Crippen LogP) is 2.21. The number of hydrogen-bond acceptors (Lipinski definition) is 5. The summed E-state index contributed by atoms with van der Waals surface area (Å²) in [5, 5.41) is 13.7. The zero-order valence-corrected chi connectivity index (χ0v) is 13.2. The molecule has 1 N–H and O–H groups in total. The number of aliphatic hydroxyl groups excluding tert-OH is 1. The highest BCUT2D eigenvalue weighted by Crippen LogP contribution is 2.28. The summed E-state index contributed by atoms with van der Waals surface area (Å²) in [4.78, 5) is 15.2. The molecule has 0 aromatic carbocycles. The molecule has 1 fully saturated rings. The fraction of sp³-hybridized carbons (Fsp3) is 0.786. The number of nitrogens with zero attached hydrogens (tertiary/aromatic N) is 3. The van der Waals surface area contributed by atoms with Crippen LogP contribution in [0.1, 0.15) is 61.8 Å². The van der Waals surface area contributed by atoms with Gasteiger partial charge in [-0.2, -0.15) is 0 Å². The fourth-order valence-corrected chi connectivity index (χ4v) is 3.42. The highest BCUT2D eigenvalue weighted by molar-refractivity contribution is 7.08. The maximum Gasteiger partial charge on any atom is 0.267 e. The van der Waals surface area contributed by atoms with Gasteiger partial charge in [-0.1, -0.05) is 38.1 Å². The molecule has 2 heterocycles. The van der Waals surface area contributed by atoms with Gasteiger partial charge < -0.3 is 10.0 Å². The molecule has 1 unspecified atom stereocenters. The molecule has 1 aliphatic heterocycles. The van der Waals surface area contributed by atoms with E-state index in [2.05, 4.69) is 9.59 Å². The molecule has 0 saturated carbocycles. The summed E-state index contributed by atoms with van der Waals surface area (Å²) in [7, 11) is 0. The van der Waals surface area contributed by atoms with Crippen molar-refractivity contribution in [3.63, 3.8) is 0 Å². The second kappa shape index (κ2) is 6.18. The van der Waals surface area contributed by atoms with Gasteiger partial charge in [0, 0.05) is 12.0 Å². The average Bonchev–Trinajstić information content (AvgIpc) is 2.77. The third kappa shape index (κ3) is 3.17. The van der Waals surface area contributed by atoms with Gasteiger partial charge in [0.05, 0.1) is 18.3 Å². The Balaban J connectivity index is 2.28. The van der Waals surface area contributed by atoms with Gasteiger partial charge >= 0.3 is 0 Å². The van der Waals surface area contributed by atoms with E-state index in [1.807, 2.05) is 25.7 Å². The highest BCUT2D eigenvalue weighted by atomic mass is 32.1. The predicted molar refractivity (Wildman–Crippen MR) is 79.0 cm³/mol. The van der Waals surface area contributed by atoms with E-state index in [0.29, 0.717) is 11.4 Å². The SMILES string of the molecule is CC(C)(C)c1nnsc1C(=O)N1CCCCCC1CO. The van der Waals surface area contributed by atoms with Crippen LogP contribution in [-0.2, 0) is 5.41 Å². The van der Waals surface area contributed by atoms with Gasteiger partial charge in [0.1, 0.15) is 4.88 Å². The van der Waals surface area contributed by atoms with E-state index in [4.69, 9.17) is 0 Å². The molecule has 1 saturated heterocycles. The summed E-state index contributed by atoms with van der Waals surface area (Å²) < 4.78 is 3.96. The van der Waals surface area contributed by atoms with Gasteiger partial charge in [-0.3, -0.25) is 4.79 Å². The van der Waals surface area contributed by atoms with Crippen LogP contribution in [0.4, 0.5) is 0 Å². The van der Waals surface area contributed by atoms with Crippen molar-refractivity contribution in [2.24, 2.45) is 0 Å². The zero-order valence-electron chi connectivity index (χ0n) is 12.4. The van der Waals surface area contributed by atoms with Crippen molar-refractivity contribution in [1.29, 1.82) is 0 Å². The maximum atomic E-state index is 12.8. The molecule has 0 radical (unpaired) electrons. The summed E-state index contributed by atoms with van der Waals surface area (Å²) >= 11 is 1.16. The first-order valence-corrected chi connectivity index (χ1v) is 7.97. The zero-order chi connectivity index (χ0) is 14.8.